The van der Waals surface area contributed by atoms with E-state index in [2.05, 4.69) is 61.9 Å². The van der Waals surface area contributed by atoms with Crippen LogP contribution in [-0.4, -0.2) is 6.54 Å². The minimum absolute atomic E-state index is 0.159. The molecular weight excluding hydrogens is 314 g/mol. The molecule has 1 unspecified atom stereocenters. The summed E-state index contributed by atoms with van der Waals surface area (Å²) in [6.07, 6.45) is 1.73. The molecule has 0 saturated heterocycles. The van der Waals surface area contributed by atoms with Gasteiger partial charge < -0.3 is 9.73 Å². The minimum Gasteiger partial charge on any atom is -0.457 e. The van der Waals surface area contributed by atoms with Crippen molar-refractivity contribution < 1.29 is 4.42 Å². The van der Waals surface area contributed by atoms with Gasteiger partial charge in [-0.3, -0.25) is 0 Å². The largest absolute Gasteiger partial charge is 0.457 e. The average molecular weight is 336 g/mol. The van der Waals surface area contributed by atoms with Gasteiger partial charge in [-0.15, -0.1) is 0 Å². The number of halogens is 1. The first-order valence-electron chi connectivity index (χ1n) is 7.00. The van der Waals surface area contributed by atoms with Gasteiger partial charge in [-0.2, -0.15) is 0 Å². The lowest BCUT2D eigenvalue weighted by atomic mass is 9.87. The molecule has 20 heavy (non-hydrogen) atoms. The van der Waals surface area contributed by atoms with Crippen LogP contribution < -0.4 is 5.32 Å². The molecule has 0 aliphatic heterocycles. The Bertz CT molecular complexity index is 589. The lowest BCUT2D eigenvalue weighted by Crippen LogP contribution is -2.24. The van der Waals surface area contributed by atoms with E-state index < -0.39 is 0 Å². The Morgan fingerprint density at radius 1 is 1.15 bits per heavy atom. The minimum atomic E-state index is 0.159. The smallest absolute Gasteiger partial charge is 0.174 e. The van der Waals surface area contributed by atoms with Gasteiger partial charge in [-0.05, 0) is 84.1 Å². The number of aryl methyl sites for hydroxylation is 2. The molecule has 0 saturated carbocycles. The molecule has 3 heteroatoms. The SMILES string of the molecule is CCNC(c1ccoc1Br)c1c(C)c(C)cc(C)c1C. The maximum absolute atomic E-state index is 5.43. The van der Waals surface area contributed by atoms with E-state index in [4.69, 9.17) is 4.42 Å². The highest BCUT2D eigenvalue weighted by Gasteiger charge is 2.22. The van der Waals surface area contributed by atoms with E-state index in [0.717, 1.165) is 16.8 Å². The first-order valence-corrected chi connectivity index (χ1v) is 7.80. The van der Waals surface area contributed by atoms with E-state index in [0.29, 0.717) is 0 Å². The van der Waals surface area contributed by atoms with Crippen LogP contribution in [0.4, 0.5) is 0 Å². The predicted molar refractivity (Wildman–Crippen MR) is 87.3 cm³/mol. The van der Waals surface area contributed by atoms with E-state index in [1.54, 1.807) is 6.26 Å². The molecule has 0 spiro atoms. The summed E-state index contributed by atoms with van der Waals surface area (Å²) in [6.45, 7) is 11.8. The maximum Gasteiger partial charge on any atom is 0.174 e. The molecule has 0 radical (unpaired) electrons. The summed E-state index contributed by atoms with van der Waals surface area (Å²) in [5.74, 6) is 0. The fraction of sp³-hybridized carbons (Fsp3) is 0.412. The van der Waals surface area contributed by atoms with E-state index >= 15 is 0 Å². The molecule has 0 amide bonds. The van der Waals surface area contributed by atoms with Gasteiger partial charge in [0.05, 0.1) is 12.3 Å². The molecule has 0 aliphatic carbocycles. The third-order valence-electron chi connectivity index (χ3n) is 4.08. The van der Waals surface area contributed by atoms with Crippen LogP contribution in [0.15, 0.2) is 27.5 Å². The Balaban J connectivity index is 2.64. The number of rotatable bonds is 4. The normalized spacial score (nSPS) is 12.7. The van der Waals surface area contributed by atoms with Crippen molar-refractivity contribution in [1.82, 2.24) is 5.32 Å². The van der Waals surface area contributed by atoms with Gasteiger partial charge in [-0.1, -0.05) is 13.0 Å². The molecule has 2 rings (SSSR count). The van der Waals surface area contributed by atoms with Crippen LogP contribution in [-0.2, 0) is 0 Å². The van der Waals surface area contributed by atoms with E-state index in [1.807, 2.05) is 6.07 Å². The summed E-state index contributed by atoms with van der Waals surface area (Å²) in [4.78, 5) is 0. The van der Waals surface area contributed by atoms with E-state index in [-0.39, 0.29) is 6.04 Å². The zero-order valence-corrected chi connectivity index (χ0v) is 14.4. The van der Waals surface area contributed by atoms with Gasteiger partial charge in [0.1, 0.15) is 0 Å². The van der Waals surface area contributed by atoms with Crippen LogP contribution in [0.3, 0.4) is 0 Å². The molecule has 1 N–H and O–H groups in total. The molecule has 2 nitrogen and oxygen atoms in total. The Kier molecular flexibility index (Phi) is 4.71. The van der Waals surface area contributed by atoms with Gasteiger partial charge in [-0.25, -0.2) is 0 Å². The van der Waals surface area contributed by atoms with Crippen molar-refractivity contribution in [3.05, 3.63) is 56.4 Å². The summed E-state index contributed by atoms with van der Waals surface area (Å²) in [7, 11) is 0. The number of benzene rings is 1. The van der Waals surface area contributed by atoms with Crippen molar-refractivity contribution in [3.8, 4) is 0 Å². The maximum atomic E-state index is 5.43. The lowest BCUT2D eigenvalue weighted by Gasteiger charge is -2.24. The second-order valence-corrected chi connectivity index (χ2v) is 6.03. The average Bonchev–Trinajstić information content (AvgIpc) is 2.82. The molecule has 0 fully saturated rings. The monoisotopic (exact) mass is 335 g/mol. The highest BCUT2D eigenvalue weighted by molar-refractivity contribution is 9.10. The second kappa shape index (κ2) is 6.15. The zero-order valence-electron chi connectivity index (χ0n) is 12.8. The summed E-state index contributed by atoms with van der Waals surface area (Å²) in [5.41, 5.74) is 7.91. The predicted octanol–water partition coefficient (Wildman–Crippen LogP) is 4.97. The van der Waals surface area contributed by atoms with Crippen LogP contribution in [0, 0.1) is 27.7 Å². The van der Waals surface area contributed by atoms with Gasteiger partial charge in [0, 0.05) is 5.56 Å². The van der Waals surface area contributed by atoms with Crippen molar-refractivity contribution in [1.29, 1.82) is 0 Å². The molecule has 1 atom stereocenters. The third-order valence-corrected chi connectivity index (χ3v) is 4.72. The van der Waals surface area contributed by atoms with Gasteiger partial charge in [0.15, 0.2) is 4.67 Å². The number of nitrogens with one attached hydrogen (secondary N) is 1. The fourth-order valence-electron chi connectivity index (χ4n) is 2.76. The standard InChI is InChI=1S/C17H22BrNO/c1-6-19-16(14-7-8-20-17(14)18)15-12(4)10(2)9-11(3)13(15)5/h7-9,16,19H,6H2,1-5H3. The number of hydrogen-bond acceptors (Lipinski definition) is 2. The van der Waals surface area contributed by atoms with E-state index in [9.17, 15) is 0 Å². The number of furan rings is 1. The van der Waals surface area contributed by atoms with Crippen LogP contribution in [0.5, 0.6) is 0 Å². The van der Waals surface area contributed by atoms with Crippen LogP contribution in [0.1, 0.15) is 46.3 Å². The van der Waals surface area contributed by atoms with Crippen molar-refractivity contribution in [2.24, 2.45) is 0 Å². The lowest BCUT2D eigenvalue weighted by molar-refractivity contribution is 0.526. The molecule has 1 aromatic heterocycles. The van der Waals surface area contributed by atoms with Crippen LogP contribution >= 0.6 is 15.9 Å². The Hall–Kier alpha value is -1.06. The van der Waals surface area contributed by atoms with Gasteiger partial charge in [0.2, 0.25) is 0 Å². The molecule has 2 aromatic rings. The summed E-state index contributed by atoms with van der Waals surface area (Å²) >= 11 is 3.51. The number of hydrogen-bond donors (Lipinski definition) is 1. The zero-order chi connectivity index (χ0) is 14.9. The van der Waals surface area contributed by atoms with Crippen molar-refractivity contribution in [2.75, 3.05) is 6.54 Å². The van der Waals surface area contributed by atoms with E-state index in [1.165, 1.54) is 27.8 Å². The van der Waals surface area contributed by atoms with Crippen molar-refractivity contribution in [3.63, 3.8) is 0 Å². The topological polar surface area (TPSA) is 25.2 Å². The molecule has 1 aromatic carbocycles. The highest BCUT2D eigenvalue weighted by Crippen LogP contribution is 2.35. The Morgan fingerprint density at radius 3 is 2.20 bits per heavy atom. The first kappa shape index (κ1) is 15.3. The summed E-state index contributed by atoms with van der Waals surface area (Å²) in [6, 6.07) is 4.46. The van der Waals surface area contributed by atoms with Gasteiger partial charge >= 0.3 is 0 Å². The molecule has 1 heterocycles. The first-order chi connectivity index (χ1) is 9.47. The molecular formula is C17H22BrNO. The summed E-state index contributed by atoms with van der Waals surface area (Å²) in [5, 5.41) is 3.59. The molecule has 0 bridgehead atoms. The Morgan fingerprint density at radius 2 is 1.75 bits per heavy atom. The van der Waals surface area contributed by atoms with Crippen molar-refractivity contribution >= 4 is 15.9 Å². The molecule has 0 aliphatic rings. The third kappa shape index (κ3) is 2.70. The van der Waals surface area contributed by atoms with Gasteiger partial charge in [0.25, 0.3) is 0 Å². The Labute approximate surface area is 129 Å². The fourth-order valence-corrected chi connectivity index (χ4v) is 3.23. The quantitative estimate of drug-likeness (QED) is 0.852. The summed E-state index contributed by atoms with van der Waals surface area (Å²) < 4.78 is 6.24. The van der Waals surface area contributed by atoms with Crippen molar-refractivity contribution in [2.45, 2.75) is 40.7 Å². The highest BCUT2D eigenvalue weighted by atomic mass is 79.9. The van der Waals surface area contributed by atoms with Crippen LogP contribution in [0.2, 0.25) is 0 Å². The van der Waals surface area contributed by atoms with Crippen LogP contribution in [0.25, 0.3) is 0 Å². The second-order valence-electron chi connectivity index (χ2n) is 5.31. The molecule has 108 valence electrons.